The smallest absolute Gasteiger partial charge is 0.248 e. The number of nitrogens with two attached hydrogens (primary N) is 1. The van der Waals surface area contributed by atoms with Gasteiger partial charge in [0.1, 0.15) is 17.9 Å². The normalized spacial score (nSPS) is 40.8. The van der Waals surface area contributed by atoms with E-state index >= 15 is 4.39 Å². The van der Waals surface area contributed by atoms with Crippen LogP contribution in [0.5, 0.6) is 0 Å². The molecule has 0 amide bonds. The molecule has 8 nitrogen and oxygen atoms in total. The molecule has 3 aliphatic rings. The lowest BCUT2D eigenvalue weighted by atomic mass is 9.77. The lowest BCUT2D eigenvalue weighted by molar-refractivity contribution is -0.0231. The molecule has 2 aromatic rings. The highest BCUT2D eigenvalue weighted by atomic mass is 32.9. The van der Waals surface area contributed by atoms with Crippen molar-refractivity contribution in [3.63, 3.8) is 0 Å². The minimum atomic E-state index is -2.76. The number of nitrogen functional groups attached to an aromatic ring is 1. The van der Waals surface area contributed by atoms with E-state index in [1.807, 2.05) is 6.92 Å². The Labute approximate surface area is 201 Å². The van der Waals surface area contributed by atoms with E-state index in [2.05, 4.69) is 35.4 Å². The average Bonchev–Trinajstić information content (AvgIpc) is 3.39. The number of imidazole rings is 1. The maximum absolute atomic E-state index is 15.9. The van der Waals surface area contributed by atoms with E-state index in [1.54, 1.807) is 15.9 Å². The summed E-state index contributed by atoms with van der Waals surface area (Å²) in [7, 11) is 0. The summed E-state index contributed by atoms with van der Waals surface area (Å²) >= 11 is 7.49. The number of fused-ring (bicyclic) bond motifs is 2. The van der Waals surface area contributed by atoms with E-state index in [4.69, 9.17) is 31.3 Å². The zero-order valence-corrected chi connectivity index (χ0v) is 21.4. The molecule has 1 aliphatic carbocycles. The van der Waals surface area contributed by atoms with Crippen molar-refractivity contribution in [2.75, 3.05) is 5.73 Å². The molecule has 12 heteroatoms. The van der Waals surface area contributed by atoms with E-state index < -0.39 is 30.3 Å². The van der Waals surface area contributed by atoms with Crippen molar-refractivity contribution in [2.45, 2.75) is 81.9 Å². The van der Waals surface area contributed by atoms with Crippen molar-refractivity contribution in [3.8, 4) is 0 Å². The molecule has 2 aliphatic heterocycles. The van der Waals surface area contributed by atoms with Crippen LogP contribution < -0.4 is 5.73 Å². The minimum Gasteiger partial charge on any atom is -0.382 e. The Balaban J connectivity index is 1.37. The van der Waals surface area contributed by atoms with Gasteiger partial charge in [0.2, 0.25) is 5.69 Å². The lowest BCUT2D eigenvalue weighted by Crippen LogP contribution is -2.40. The number of halogens is 1. The number of nitrogens with zero attached hydrogens (tertiary/aromatic N) is 4. The quantitative estimate of drug-likeness (QED) is 0.441. The zero-order valence-electron chi connectivity index (χ0n) is 18.9. The molecular formula is C21H29FN5O3PS2. The molecule has 0 spiro atoms. The van der Waals surface area contributed by atoms with E-state index in [9.17, 15) is 0 Å². The standard InChI is InChI=1S/C21H29FN5O3PS2/c1-5-13-17(15(22)20(28-13)27-10-26-16-18(23)24-9-25-19(16)27)29-31(32)30-21(4)7-6-12(11(2)3)8-14(21)33-31/h9-10,12-15,17,20H,2,5-8H2,1,3-4H3,(H2,23,24,25)/t12-,13+,14+,15+,17+,20+,21+,31-/m0/s1. The summed E-state index contributed by atoms with van der Waals surface area (Å²) in [6.45, 7) is 10.3. The molecule has 1 saturated carbocycles. The van der Waals surface area contributed by atoms with Crippen molar-refractivity contribution in [2.24, 2.45) is 5.92 Å². The van der Waals surface area contributed by atoms with Crippen LogP contribution in [-0.4, -0.2) is 48.7 Å². The van der Waals surface area contributed by atoms with Crippen LogP contribution in [0.25, 0.3) is 11.2 Å². The Kier molecular flexibility index (Phi) is 6.11. The summed E-state index contributed by atoms with van der Waals surface area (Å²) in [6.07, 6.45) is 2.54. The molecule has 5 rings (SSSR count). The third kappa shape index (κ3) is 4.04. The van der Waals surface area contributed by atoms with Crippen molar-refractivity contribution >= 4 is 45.9 Å². The van der Waals surface area contributed by atoms with Crippen LogP contribution in [0.2, 0.25) is 0 Å². The molecule has 4 heterocycles. The molecule has 2 saturated heterocycles. The molecular weight excluding hydrogens is 484 g/mol. The van der Waals surface area contributed by atoms with Crippen LogP contribution in [0.3, 0.4) is 0 Å². The van der Waals surface area contributed by atoms with Gasteiger partial charge in [-0.25, -0.2) is 19.3 Å². The Morgan fingerprint density at radius 3 is 3.00 bits per heavy atom. The third-order valence-electron chi connectivity index (χ3n) is 7.02. The number of rotatable bonds is 5. The van der Waals surface area contributed by atoms with Crippen LogP contribution in [0, 0.1) is 5.92 Å². The highest BCUT2D eigenvalue weighted by Crippen LogP contribution is 2.75. The van der Waals surface area contributed by atoms with Crippen LogP contribution in [0.4, 0.5) is 10.2 Å². The maximum Gasteiger partial charge on any atom is 0.248 e. The van der Waals surface area contributed by atoms with Gasteiger partial charge in [0, 0.05) is 5.25 Å². The Morgan fingerprint density at radius 1 is 1.48 bits per heavy atom. The van der Waals surface area contributed by atoms with Crippen molar-refractivity contribution < 1.29 is 18.2 Å². The molecule has 2 aromatic heterocycles. The maximum atomic E-state index is 15.9. The molecule has 2 N–H and O–H groups in total. The second kappa shape index (κ2) is 8.53. The summed E-state index contributed by atoms with van der Waals surface area (Å²) < 4.78 is 36.3. The van der Waals surface area contributed by atoms with Gasteiger partial charge in [-0.2, -0.15) is 0 Å². The van der Waals surface area contributed by atoms with Gasteiger partial charge in [0.25, 0.3) is 0 Å². The van der Waals surface area contributed by atoms with Crippen LogP contribution in [0.15, 0.2) is 24.8 Å². The molecule has 3 fully saturated rings. The van der Waals surface area contributed by atoms with Crippen LogP contribution in [0.1, 0.15) is 52.7 Å². The second-order valence-electron chi connectivity index (χ2n) is 9.33. The Bertz CT molecular complexity index is 1130. The van der Waals surface area contributed by atoms with E-state index in [0.717, 1.165) is 19.3 Å². The number of alkyl halides is 1. The first kappa shape index (κ1) is 23.6. The number of hydrogen-bond donors (Lipinski definition) is 1. The summed E-state index contributed by atoms with van der Waals surface area (Å²) in [5, 5.41) is 0.215. The number of anilines is 1. The molecule has 0 unspecified atom stereocenters. The van der Waals surface area contributed by atoms with Gasteiger partial charge >= 0.3 is 0 Å². The predicted octanol–water partition coefficient (Wildman–Crippen LogP) is 4.93. The number of aromatic nitrogens is 4. The van der Waals surface area contributed by atoms with Crippen molar-refractivity contribution in [1.82, 2.24) is 19.5 Å². The van der Waals surface area contributed by atoms with Gasteiger partial charge in [0.15, 0.2) is 23.9 Å². The van der Waals surface area contributed by atoms with Gasteiger partial charge < -0.3 is 19.5 Å². The molecule has 8 atom stereocenters. The second-order valence-corrected chi connectivity index (χ2v) is 15.6. The largest absolute Gasteiger partial charge is 0.382 e. The SMILES string of the molecule is C=C(C)[C@H]1CC[C@@]2(C)O[P@](=S)(O[C@H]3[C@@H](F)[C@H](n4cnc5c(N)ncnc54)O[C@@H]3CC)S[C@@H]2C1. The molecule has 33 heavy (non-hydrogen) atoms. The van der Waals surface area contributed by atoms with Crippen LogP contribution >= 0.6 is 17.1 Å². The molecule has 0 radical (unpaired) electrons. The summed E-state index contributed by atoms with van der Waals surface area (Å²) in [5.74, 6) is 0.697. The van der Waals surface area contributed by atoms with Crippen LogP contribution in [-0.2, 0) is 25.6 Å². The third-order valence-corrected chi connectivity index (χ3v) is 12.6. The Hall–Kier alpha value is -1.10. The monoisotopic (exact) mass is 513 g/mol. The highest BCUT2D eigenvalue weighted by Gasteiger charge is 2.56. The molecule has 0 bridgehead atoms. The summed E-state index contributed by atoms with van der Waals surface area (Å²) in [6, 6.07) is 0. The van der Waals surface area contributed by atoms with Gasteiger partial charge in [-0.3, -0.25) is 4.57 Å². The topological polar surface area (TPSA) is 97.3 Å². The lowest BCUT2D eigenvalue weighted by Gasteiger charge is -2.37. The zero-order chi connectivity index (χ0) is 23.5. The first-order valence-electron chi connectivity index (χ1n) is 11.2. The number of hydrogen-bond acceptors (Lipinski definition) is 9. The number of allylic oxidation sites excluding steroid dienone is 1. The summed E-state index contributed by atoms with van der Waals surface area (Å²) in [5.41, 5.74) is 4.80. The highest BCUT2D eigenvalue weighted by molar-refractivity contribution is 8.68. The van der Waals surface area contributed by atoms with E-state index in [-0.39, 0.29) is 16.7 Å². The minimum absolute atomic E-state index is 0.215. The van der Waals surface area contributed by atoms with Gasteiger partial charge in [0.05, 0.1) is 18.0 Å². The van der Waals surface area contributed by atoms with Crippen molar-refractivity contribution in [1.29, 1.82) is 0 Å². The predicted molar refractivity (Wildman–Crippen MR) is 131 cm³/mol. The van der Waals surface area contributed by atoms with Gasteiger partial charge in [-0.1, -0.05) is 30.5 Å². The summed E-state index contributed by atoms with van der Waals surface area (Å²) in [4.78, 5) is 12.4. The van der Waals surface area contributed by atoms with Gasteiger partial charge in [-0.15, -0.1) is 0 Å². The Morgan fingerprint density at radius 2 is 2.27 bits per heavy atom. The van der Waals surface area contributed by atoms with E-state index in [1.165, 1.54) is 18.2 Å². The molecule has 0 aromatic carbocycles. The van der Waals surface area contributed by atoms with Gasteiger partial charge in [-0.05, 0) is 57.3 Å². The van der Waals surface area contributed by atoms with Crippen molar-refractivity contribution in [3.05, 3.63) is 24.8 Å². The number of ether oxygens (including phenoxy) is 1. The van der Waals surface area contributed by atoms with E-state index in [0.29, 0.717) is 23.5 Å². The fourth-order valence-corrected chi connectivity index (χ4v) is 12.2. The average molecular weight is 514 g/mol. The first-order chi connectivity index (χ1) is 15.6. The fraction of sp³-hybridized carbons (Fsp3) is 0.667. The molecule has 180 valence electrons. The first-order valence-corrected chi connectivity index (χ1v) is 15.3. The fourth-order valence-electron chi connectivity index (χ4n) is 5.01.